The van der Waals surface area contributed by atoms with Crippen LogP contribution in [0, 0.1) is 0 Å². The monoisotopic (exact) mass is 554 g/mol. The van der Waals surface area contributed by atoms with E-state index in [-0.39, 0.29) is 18.8 Å². The van der Waals surface area contributed by atoms with Gasteiger partial charge in [0.25, 0.3) is 0 Å². The van der Waals surface area contributed by atoms with Crippen molar-refractivity contribution in [2.75, 3.05) is 13.3 Å². The number of carbonyl (C=O) groups excluding carboxylic acids is 1. The molecule has 0 radical (unpaired) electrons. The van der Waals surface area contributed by atoms with E-state index < -0.39 is 6.23 Å². The van der Waals surface area contributed by atoms with E-state index in [1.807, 2.05) is 48.5 Å². The zero-order chi connectivity index (χ0) is 28.5. The Hall–Kier alpha value is -2.25. The van der Waals surface area contributed by atoms with Crippen molar-refractivity contribution < 1.29 is 19.0 Å². The van der Waals surface area contributed by atoms with E-state index in [0.717, 1.165) is 36.8 Å². The summed E-state index contributed by atoms with van der Waals surface area (Å²) >= 11 is 0. The van der Waals surface area contributed by atoms with Crippen LogP contribution in [0.3, 0.4) is 0 Å². The molecule has 0 spiro atoms. The van der Waals surface area contributed by atoms with Crippen molar-refractivity contribution in [2.24, 2.45) is 5.73 Å². The van der Waals surface area contributed by atoms with Gasteiger partial charge in [-0.05, 0) is 43.4 Å². The van der Waals surface area contributed by atoms with Gasteiger partial charge in [-0.15, -0.1) is 0 Å². The number of nitrogens with two attached hydrogens (primary N) is 1. The number of carbonyl (C=O) groups is 1. The summed E-state index contributed by atoms with van der Waals surface area (Å²) in [6.07, 6.45) is 14.6. The summed E-state index contributed by atoms with van der Waals surface area (Å²) in [7, 11) is 0. The molecular formula is C34H54N2O4. The number of hydrogen-bond donors (Lipinski definition) is 2. The number of unbranched alkanes of at least 4 members (excludes halogenated alkanes) is 9. The first-order chi connectivity index (χ1) is 19.7. The van der Waals surface area contributed by atoms with Crippen molar-refractivity contribution in [3.05, 3.63) is 71.8 Å². The molecule has 2 aromatic carbocycles. The molecule has 0 aliphatic carbocycles. The van der Waals surface area contributed by atoms with E-state index in [2.05, 4.69) is 24.4 Å². The first-order valence-corrected chi connectivity index (χ1v) is 15.6. The number of rotatable bonds is 25. The molecule has 0 aliphatic heterocycles. The number of hydrogen-bond acceptors (Lipinski definition) is 5. The van der Waals surface area contributed by atoms with Gasteiger partial charge >= 0.3 is 0 Å². The van der Waals surface area contributed by atoms with Crippen molar-refractivity contribution in [1.82, 2.24) is 5.32 Å². The van der Waals surface area contributed by atoms with Gasteiger partial charge in [0.1, 0.15) is 13.0 Å². The van der Waals surface area contributed by atoms with Crippen LogP contribution in [0.2, 0.25) is 0 Å². The number of benzene rings is 2. The lowest BCUT2D eigenvalue weighted by atomic mass is 10.0. The molecule has 0 bridgehead atoms. The molecule has 0 saturated carbocycles. The highest BCUT2D eigenvalue weighted by atomic mass is 16.7. The molecule has 6 heteroatoms. The van der Waals surface area contributed by atoms with E-state index in [9.17, 15) is 4.79 Å². The Labute approximate surface area is 243 Å². The third-order valence-electron chi connectivity index (χ3n) is 7.08. The van der Waals surface area contributed by atoms with E-state index in [0.29, 0.717) is 32.6 Å². The van der Waals surface area contributed by atoms with Crippen molar-refractivity contribution >= 4 is 5.91 Å². The topological polar surface area (TPSA) is 82.8 Å². The van der Waals surface area contributed by atoms with Crippen molar-refractivity contribution in [2.45, 2.75) is 122 Å². The van der Waals surface area contributed by atoms with Crippen LogP contribution < -0.4 is 11.1 Å². The summed E-state index contributed by atoms with van der Waals surface area (Å²) in [5, 5.41) is 3.08. The minimum atomic E-state index is -0.405. The summed E-state index contributed by atoms with van der Waals surface area (Å²) in [5.74, 6) is -0.0465. The van der Waals surface area contributed by atoms with Gasteiger partial charge in [0.05, 0.1) is 25.7 Å². The second-order valence-corrected chi connectivity index (χ2v) is 10.7. The number of ether oxygens (including phenoxy) is 3. The highest BCUT2D eigenvalue weighted by molar-refractivity contribution is 5.76. The Morgan fingerprint density at radius 1 is 0.725 bits per heavy atom. The van der Waals surface area contributed by atoms with Crippen LogP contribution in [0.1, 0.15) is 108 Å². The van der Waals surface area contributed by atoms with E-state index in [1.54, 1.807) is 0 Å². The Morgan fingerprint density at radius 2 is 1.30 bits per heavy atom. The average molecular weight is 555 g/mol. The van der Waals surface area contributed by atoms with Crippen molar-refractivity contribution in [1.29, 1.82) is 0 Å². The van der Waals surface area contributed by atoms with Gasteiger partial charge in [0, 0.05) is 0 Å². The maximum absolute atomic E-state index is 13.1. The molecule has 1 unspecified atom stereocenters. The Morgan fingerprint density at radius 3 is 1.93 bits per heavy atom. The fraction of sp³-hybridized carbons (Fsp3) is 0.618. The minimum absolute atomic E-state index is 0.0465. The Kier molecular flexibility index (Phi) is 19.9. The van der Waals surface area contributed by atoms with Crippen LogP contribution in [0.4, 0.5) is 0 Å². The SMILES string of the molecule is CCCCCCCCCCCC(CC(=O)N[C@@H](CCCCN)OCOCc1ccccc1)OCc1ccccc1. The van der Waals surface area contributed by atoms with Gasteiger partial charge in [0.2, 0.25) is 5.91 Å². The molecule has 0 aliphatic rings. The Bertz CT molecular complexity index is 850. The first-order valence-electron chi connectivity index (χ1n) is 15.6. The lowest BCUT2D eigenvalue weighted by Gasteiger charge is -2.22. The molecule has 0 fully saturated rings. The molecule has 0 heterocycles. The molecule has 40 heavy (non-hydrogen) atoms. The van der Waals surface area contributed by atoms with Crippen LogP contribution in [-0.4, -0.2) is 31.6 Å². The fourth-order valence-electron chi connectivity index (χ4n) is 4.70. The maximum atomic E-state index is 13.1. The van der Waals surface area contributed by atoms with Crippen LogP contribution >= 0.6 is 0 Å². The van der Waals surface area contributed by atoms with E-state index in [4.69, 9.17) is 19.9 Å². The average Bonchev–Trinajstić information content (AvgIpc) is 2.98. The first kappa shape index (κ1) is 34.0. The lowest BCUT2D eigenvalue weighted by Crippen LogP contribution is -2.39. The standard InChI is InChI=1S/C34H54N2O4/c1-2-3-4-5-6-7-8-9-16-23-32(39-28-31-21-14-11-15-22-31)26-33(37)36-34(24-17-18-25-35)40-29-38-27-30-19-12-10-13-20-30/h10-15,19-22,32,34H,2-9,16-18,23-29,35H2,1H3,(H,36,37)/t32?,34-/m1/s1. The maximum Gasteiger partial charge on any atom is 0.224 e. The van der Waals surface area contributed by atoms with Crippen LogP contribution in [0.15, 0.2) is 60.7 Å². The summed E-state index contributed by atoms with van der Waals surface area (Å²) in [6, 6.07) is 20.2. The quantitative estimate of drug-likeness (QED) is 0.0973. The molecule has 0 aromatic heterocycles. The second kappa shape index (κ2) is 23.5. The van der Waals surface area contributed by atoms with Gasteiger partial charge < -0.3 is 25.3 Å². The van der Waals surface area contributed by atoms with Gasteiger partial charge in [-0.25, -0.2) is 0 Å². The largest absolute Gasteiger partial charge is 0.373 e. The van der Waals surface area contributed by atoms with Gasteiger partial charge in [0.15, 0.2) is 0 Å². The third kappa shape index (κ3) is 17.4. The molecule has 2 atom stereocenters. The van der Waals surface area contributed by atoms with E-state index >= 15 is 0 Å². The molecule has 0 saturated heterocycles. The molecule has 224 valence electrons. The highest BCUT2D eigenvalue weighted by Crippen LogP contribution is 2.16. The van der Waals surface area contributed by atoms with Crippen LogP contribution in [-0.2, 0) is 32.2 Å². The smallest absolute Gasteiger partial charge is 0.224 e. The molecule has 6 nitrogen and oxygen atoms in total. The summed E-state index contributed by atoms with van der Waals surface area (Å²) in [4.78, 5) is 13.1. The molecule has 1 amide bonds. The molecule has 3 N–H and O–H groups in total. The van der Waals surface area contributed by atoms with Crippen LogP contribution in [0.25, 0.3) is 0 Å². The normalized spacial score (nSPS) is 12.8. The zero-order valence-corrected chi connectivity index (χ0v) is 24.9. The van der Waals surface area contributed by atoms with Crippen molar-refractivity contribution in [3.63, 3.8) is 0 Å². The third-order valence-corrected chi connectivity index (χ3v) is 7.08. The summed E-state index contributed by atoms with van der Waals surface area (Å²) in [5.41, 5.74) is 7.90. The number of amides is 1. The predicted molar refractivity (Wildman–Crippen MR) is 163 cm³/mol. The summed E-state index contributed by atoms with van der Waals surface area (Å²) < 4.78 is 17.9. The van der Waals surface area contributed by atoms with Crippen LogP contribution in [0.5, 0.6) is 0 Å². The summed E-state index contributed by atoms with van der Waals surface area (Å²) in [6.45, 7) is 3.99. The van der Waals surface area contributed by atoms with Crippen molar-refractivity contribution in [3.8, 4) is 0 Å². The minimum Gasteiger partial charge on any atom is -0.373 e. The molecule has 2 rings (SSSR count). The van der Waals surface area contributed by atoms with Gasteiger partial charge in [-0.2, -0.15) is 0 Å². The van der Waals surface area contributed by atoms with Gasteiger partial charge in [-0.3, -0.25) is 4.79 Å². The lowest BCUT2D eigenvalue weighted by molar-refractivity contribution is -0.138. The van der Waals surface area contributed by atoms with E-state index in [1.165, 1.54) is 51.4 Å². The number of nitrogens with one attached hydrogen (secondary N) is 1. The fourth-order valence-corrected chi connectivity index (χ4v) is 4.70. The molecule has 2 aromatic rings. The Balaban J connectivity index is 1.79. The van der Waals surface area contributed by atoms with Gasteiger partial charge in [-0.1, -0.05) is 125 Å². The highest BCUT2D eigenvalue weighted by Gasteiger charge is 2.18. The second-order valence-electron chi connectivity index (χ2n) is 10.7. The zero-order valence-electron chi connectivity index (χ0n) is 24.9. The molecular weight excluding hydrogens is 500 g/mol. The predicted octanol–water partition coefficient (Wildman–Crippen LogP) is 7.65.